The van der Waals surface area contributed by atoms with E-state index >= 15 is 0 Å². The number of methoxy groups -OCH3 is 5. The van der Waals surface area contributed by atoms with Crippen molar-refractivity contribution in [2.45, 2.75) is 26.4 Å². The molecule has 0 fully saturated rings. The first kappa shape index (κ1) is 27.5. The topological polar surface area (TPSA) is 55.4 Å². The summed E-state index contributed by atoms with van der Waals surface area (Å²) in [6.45, 7) is 4.12. The molecule has 0 saturated heterocycles. The first-order valence-corrected chi connectivity index (χ1v) is 12.1. The van der Waals surface area contributed by atoms with E-state index in [1.165, 1.54) is 0 Å². The summed E-state index contributed by atoms with van der Waals surface area (Å²) >= 11 is 0. The summed E-state index contributed by atoms with van der Waals surface area (Å²) in [5, 5.41) is 0. The van der Waals surface area contributed by atoms with Crippen molar-refractivity contribution in [3.05, 3.63) is 70.8 Å². The van der Waals surface area contributed by atoms with Crippen LogP contribution in [-0.4, -0.2) is 41.7 Å². The van der Waals surface area contributed by atoms with Crippen LogP contribution in [0.4, 0.5) is 0 Å². The van der Waals surface area contributed by atoms with Gasteiger partial charge in [-0.3, -0.25) is 0 Å². The summed E-state index contributed by atoms with van der Waals surface area (Å²) in [4.78, 5) is 0. The lowest BCUT2D eigenvalue weighted by atomic mass is 10.1. The molecule has 196 valence electrons. The summed E-state index contributed by atoms with van der Waals surface area (Å²) in [5.41, 5.74) is 4.05. The normalized spacial score (nSPS) is 12.0. The smallest absolute Gasteiger partial charge is 0.203 e. The van der Waals surface area contributed by atoms with E-state index in [1.54, 1.807) is 35.5 Å². The minimum Gasteiger partial charge on any atom is -0.493 e. The van der Waals surface area contributed by atoms with Gasteiger partial charge in [-0.05, 0) is 59.9 Å². The van der Waals surface area contributed by atoms with Crippen LogP contribution < -0.4 is 28.4 Å². The molecule has 6 heteroatoms. The molecule has 0 radical (unpaired) electrons. The van der Waals surface area contributed by atoms with Gasteiger partial charge in [0, 0.05) is 0 Å². The molecule has 0 heterocycles. The Balaban J connectivity index is 1.79. The quantitative estimate of drug-likeness (QED) is 0.242. The van der Waals surface area contributed by atoms with E-state index in [9.17, 15) is 0 Å². The number of rotatable bonds is 12. The van der Waals surface area contributed by atoms with Crippen molar-refractivity contribution in [2.24, 2.45) is 0 Å². The minimum atomic E-state index is 0.0681. The highest BCUT2D eigenvalue weighted by Gasteiger charge is 2.15. The van der Waals surface area contributed by atoms with Crippen molar-refractivity contribution in [3.63, 3.8) is 0 Å². The van der Waals surface area contributed by atoms with Crippen molar-refractivity contribution in [3.8, 4) is 34.5 Å². The third-order valence-corrected chi connectivity index (χ3v) is 5.93. The van der Waals surface area contributed by atoms with E-state index in [2.05, 4.69) is 37.3 Å². The second-order valence-corrected chi connectivity index (χ2v) is 8.38. The molecule has 0 aliphatic heterocycles. The van der Waals surface area contributed by atoms with Gasteiger partial charge in [0.1, 0.15) is 0 Å². The minimum absolute atomic E-state index is 0.0681. The molecule has 1 unspecified atom stereocenters. The Morgan fingerprint density at radius 2 is 0.892 bits per heavy atom. The highest BCUT2D eigenvalue weighted by molar-refractivity contribution is 5.75. The van der Waals surface area contributed by atoms with Crippen LogP contribution in [0.15, 0.2) is 48.5 Å². The van der Waals surface area contributed by atoms with Gasteiger partial charge < -0.3 is 28.4 Å². The van der Waals surface area contributed by atoms with Crippen LogP contribution in [-0.2, 0) is 0 Å². The molecule has 1 atom stereocenters. The number of benzene rings is 3. The van der Waals surface area contributed by atoms with E-state index in [-0.39, 0.29) is 6.10 Å². The second kappa shape index (κ2) is 13.3. The monoisotopic (exact) mass is 504 g/mol. The number of hydrogen-bond donors (Lipinski definition) is 0. The van der Waals surface area contributed by atoms with Crippen molar-refractivity contribution >= 4 is 24.3 Å². The maximum atomic E-state index is 6.07. The predicted molar refractivity (Wildman–Crippen MR) is 150 cm³/mol. The van der Waals surface area contributed by atoms with Gasteiger partial charge >= 0.3 is 0 Å². The van der Waals surface area contributed by atoms with Crippen molar-refractivity contribution < 1.29 is 28.4 Å². The van der Waals surface area contributed by atoms with Crippen LogP contribution in [0.3, 0.4) is 0 Å². The Morgan fingerprint density at radius 3 is 1.24 bits per heavy atom. The Labute approximate surface area is 220 Å². The fraction of sp³-hybridized carbons (Fsp3) is 0.290. The Morgan fingerprint density at radius 1 is 0.541 bits per heavy atom. The van der Waals surface area contributed by atoms with Gasteiger partial charge in [-0.25, -0.2) is 0 Å². The molecule has 0 bridgehead atoms. The van der Waals surface area contributed by atoms with Crippen molar-refractivity contribution in [1.82, 2.24) is 0 Å². The maximum absolute atomic E-state index is 6.07. The lowest BCUT2D eigenvalue weighted by Gasteiger charge is -2.18. The Bertz CT molecular complexity index is 1200. The average Bonchev–Trinajstić information content (AvgIpc) is 2.94. The Kier molecular flexibility index (Phi) is 9.90. The standard InChI is InChI=1S/C31H36O6/c1-8-21(2)37-29-20-25(19-28(34-5)31(29)36-7)16-14-23-11-9-22(10-12-23)13-15-24-17-26(32-3)30(35-6)27(18-24)33-4/h9-21H,8H2,1-7H3/b15-13+,16-14+. The molecule has 0 spiro atoms. The van der Waals surface area contributed by atoms with Crippen LogP contribution in [0, 0.1) is 0 Å². The summed E-state index contributed by atoms with van der Waals surface area (Å²) in [7, 11) is 8.06. The second-order valence-electron chi connectivity index (χ2n) is 8.38. The third-order valence-electron chi connectivity index (χ3n) is 5.93. The largest absolute Gasteiger partial charge is 0.493 e. The zero-order valence-electron chi connectivity index (χ0n) is 22.7. The summed E-state index contributed by atoms with van der Waals surface area (Å²) in [5.74, 6) is 3.72. The van der Waals surface area contributed by atoms with Crippen LogP contribution >= 0.6 is 0 Å². The van der Waals surface area contributed by atoms with Gasteiger partial charge in [-0.1, -0.05) is 55.5 Å². The summed E-state index contributed by atoms with van der Waals surface area (Å²) < 4.78 is 33.4. The van der Waals surface area contributed by atoms with E-state index in [0.29, 0.717) is 34.5 Å². The van der Waals surface area contributed by atoms with E-state index < -0.39 is 0 Å². The molecule has 3 aromatic carbocycles. The molecular formula is C31H36O6. The summed E-state index contributed by atoms with van der Waals surface area (Å²) in [6, 6.07) is 16.0. The fourth-order valence-electron chi connectivity index (χ4n) is 3.73. The van der Waals surface area contributed by atoms with Gasteiger partial charge in [0.15, 0.2) is 23.0 Å². The molecular weight excluding hydrogens is 468 g/mol. The first-order chi connectivity index (χ1) is 18.0. The molecule has 0 aliphatic rings. The number of ether oxygens (including phenoxy) is 6. The van der Waals surface area contributed by atoms with Crippen LogP contribution in [0.2, 0.25) is 0 Å². The van der Waals surface area contributed by atoms with Gasteiger partial charge in [-0.15, -0.1) is 0 Å². The van der Waals surface area contributed by atoms with Crippen LogP contribution in [0.25, 0.3) is 24.3 Å². The molecule has 6 nitrogen and oxygen atoms in total. The average molecular weight is 505 g/mol. The first-order valence-electron chi connectivity index (χ1n) is 12.1. The molecule has 0 aromatic heterocycles. The van der Waals surface area contributed by atoms with E-state index in [0.717, 1.165) is 28.7 Å². The SMILES string of the molecule is CCC(C)Oc1cc(/C=C/c2ccc(/C=C/c3cc(OC)c(OC)c(OC)c3)cc2)cc(OC)c1OC. The fourth-order valence-corrected chi connectivity index (χ4v) is 3.73. The maximum Gasteiger partial charge on any atom is 0.203 e. The van der Waals surface area contributed by atoms with Gasteiger partial charge in [-0.2, -0.15) is 0 Å². The highest BCUT2D eigenvalue weighted by atomic mass is 16.5. The van der Waals surface area contributed by atoms with Crippen LogP contribution in [0.1, 0.15) is 42.5 Å². The van der Waals surface area contributed by atoms with Crippen molar-refractivity contribution in [1.29, 1.82) is 0 Å². The molecule has 0 saturated carbocycles. The van der Waals surface area contributed by atoms with Gasteiger partial charge in [0.2, 0.25) is 11.5 Å². The molecule has 3 rings (SSSR count). The van der Waals surface area contributed by atoms with Gasteiger partial charge in [0.05, 0.1) is 41.7 Å². The van der Waals surface area contributed by atoms with Crippen molar-refractivity contribution in [2.75, 3.05) is 35.5 Å². The predicted octanol–water partition coefficient (Wildman–Crippen LogP) is 7.25. The summed E-state index contributed by atoms with van der Waals surface area (Å²) in [6.07, 6.45) is 9.11. The highest BCUT2D eigenvalue weighted by Crippen LogP contribution is 2.40. The van der Waals surface area contributed by atoms with E-state index in [4.69, 9.17) is 28.4 Å². The zero-order valence-corrected chi connectivity index (χ0v) is 22.7. The van der Waals surface area contributed by atoms with E-state index in [1.807, 2.05) is 49.4 Å². The molecule has 0 amide bonds. The van der Waals surface area contributed by atoms with Crippen LogP contribution in [0.5, 0.6) is 34.5 Å². The lowest BCUT2D eigenvalue weighted by molar-refractivity contribution is 0.205. The zero-order chi connectivity index (χ0) is 26.8. The number of hydrogen-bond acceptors (Lipinski definition) is 6. The third kappa shape index (κ3) is 7.00. The van der Waals surface area contributed by atoms with Gasteiger partial charge in [0.25, 0.3) is 0 Å². The Hall–Kier alpha value is -4.06. The molecule has 3 aromatic rings. The lowest BCUT2D eigenvalue weighted by Crippen LogP contribution is -2.11. The molecule has 0 aliphatic carbocycles. The molecule has 0 N–H and O–H groups in total. The molecule has 37 heavy (non-hydrogen) atoms.